The van der Waals surface area contributed by atoms with Gasteiger partial charge in [-0.3, -0.25) is 4.98 Å². The van der Waals surface area contributed by atoms with Crippen molar-refractivity contribution in [3.63, 3.8) is 0 Å². The summed E-state index contributed by atoms with van der Waals surface area (Å²) in [6.45, 7) is 3.92. The monoisotopic (exact) mass is 249 g/mol. The number of hydrogen-bond donors (Lipinski definition) is 0. The van der Waals surface area contributed by atoms with Gasteiger partial charge >= 0.3 is 0 Å². The van der Waals surface area contributed by atoms with Gasteiger partial charge in [0.15, 0.2) is 0 Å². The molecule has 0 fully saturated rings. The first-order valence-electron chi connectivity index (χ1n) is 5.49. The summed E-state index contributed by atoms with van der Waals surface area (Å²) in [4.78, 5) is 3.97. The van der Waals surface area contributed by atoms with Crippen LogP contribution in [0.15, 0.2) is 36.7 Å². The summed E-state index contributed by atoms with van der Waals surface area (Å²) in [6, 6.07) is 7.19. The summed E-state index contributed by atoms with van der Waals surface area (Å²) < 4.78 is 14.1. The number of nitrogens with zero attached hydrogens (tertiary/aromatic N) is 1. The smallest absolute Gasteiger partial charge is 0.145 e. The molecule has 3 heteroatoms. The Labute approximate surface area is 105 Å². The Morgan fingerprint density at radius 3 is 2.35 bits per heavy atom. The normalized spacial score (nSPS) is 10.9. The molecule has 0 radical (unpaired) electrons. The van der Waals surface area contributed by atoms with Crippen molar-refractivity contribution in [1.82, 2.24) is 4.98 Å². The molecule has 1 heterocycles. The van der Waals surface area contributed by atoms with E-state index in [1.54, 1.807) is 18.5 Å². The van der Waals surface area contributed by atoms with Gasteiger partial charge in [-0.15, -0.1) is 0 Å². The number of aromatic nitrogens is 1. The quantitative estimate of drug-likeness (QED) is 0.754. The Balaban J connectivity index is 2.67. The van der Waals surface area contributed by atoms with Crippen LogP contribution in [0.1, 0.15) is 25.3 Å². The van der Waals surface area contributed by atoms with Gasteiger partial charge in [0.05, 0.1) is 5.02 Å². The maximum atomic E-state index is 14.1. The van der Waals surface area contributed by atoms with E-state index in [4.69, 9.17) is 11.6 Å². The second-order valence-electron chi connectivity index (χ2n) is 4.21. The molecule has 0 amide bonds. The number of pyridine rings is 1. The molecule has 0 N–H and O–H groups in total. The number of benzene rings is 1. The molecule has 2 rings (SSSR count). The van der Waals surface area contributed by atoms with E-state index in [9.17, 15) is 4.39 Å². The van der Waals surface area contributed by atoms with Crippen molar-refractivity contribution >= 4 is 11.6 Å². The molecule has 88 valence electrons. The molecule has 0 aliphatic rings. The van der Waals surface area contributed by atoms with Crippen LogP contribution in [-0.4, -0.2) is 4.98 Å². The molecule has 0 spiro atoms. The highest BCUT2D eigenvalue weighted by Crippen LogP contribution is 2.34. The summed E-state index contributed by atoms with van der Waals surface area (Å²) in [5, 5.41) is 0.173. The third-order valence-electron chi connectivity index (χ3n) is 2.70. The van der Waals surface area contributed by atoms with Crippen LogP contribution in [0, 0.1) is 5.82 Å². The molecule has 0 saturated carbocycles. The second kappa shape index (κ2) is 4.84. The highest BCUT2D eigenvalue weighted by Gasteiger charge is 2.16. The van der Waals surface area contributed by atoms with E-state index in [1.807, 2.05) is 32.0 Å². The molecule has 0 bridgehead atoms. The van der Waals surface area contributed by atoms with Gasteiger partial charge in [0.1, 0.15) is 5.82 Å². The van der Waals surface area contributed by atoms with Gasteiger partial charge in [0.2, 0.25) is 0 Å². The number of hydrogen-bond acceptors (Lipinski definition) is 1. The van der Waals surface area contributed by atoms with Crippen LogP contribution in [0.5, 0.6) is 0 Å². The van der Waals surface area contributed by atoms with Gasteiger partial charge in [-0.1, -0.05) is 31.5 Å². The van der Waals surface area contributed by atoms with Crippen LogP contribution in [0.4, 0.5) is 4.39 Å². The first-order valence-corrected chi connectivity index (χ1v) is 5.87. The van der Waals surface area contributed by atoms with Gasteiger partial charge in [0.25, 0.3) is 0 Å². The molecular formula is C14H13ClFN. The Kier molecular flexibility index (Phi) is 3.43. The molecule has 17 heavy (non-hydrogen) atoms. The Bertz CT molecular complexity index is 523. The van der Waals surface area contributed by atoms with Gasteiger partial charge < -0.3 is 0 Å². The largest absolute Gasteiger partial charge is 0.265 e. The van der Waals surface area contributed by atoms with Crippen LogP contribution in [0.3, 0.4) is 0 Å². The van der Waals surface area contributed by atoms with Crippen molar-refractivity contribution in [2.24, 2.45) is 0 Å². The molecule has 1 aromatic heterocycles. The first-order chi connectivity index (χ1) is 8.11. The maximum Gasteiger partial charge on any atom is 0.145 e. The van der Waals surface area contributed by atoms with E-state index in [1.165, 1.54) is 0 Å². The Morgan fingerprint density at radius 1 is 1.12 bits per heavy atom. The fourth-order valence-corrected chi connectivity index (χ4v) is 2.08. The first kappa shape index (κ1) is 12.1. The third kappa shape index (κ3) is 2.32. The molecule has 1 aromatic carbocycles. The zero-order valence-corrected chi connectivity index (χ0v) is 10.5. The molecule has 0 aliphatic carbocycles. The van der Waals surface area contributed by atoms with Crippen molar-refractivity contribution in [2.75, 3.05) is 0 Å². The lowest BCUT2D eigenvalue weighted by Gasteiger charge is -2.14. The summed E-state index contributed by atoms with van der Waals surface area (Å²) in [5.74, 6) is -0.243. The predicted molar refractivity (Wildman–Crippen MR) is 68.7 cm³/mol. The molecule has 0 unspecified atom stereocenters. The molecule has 0 aliphatic heterocycles. The van der Waals surface area contributed by atoms with Crippen LogP contribution >= 0.6 is 11.6 Å². The van der Waals surface area contributed by atoms with E-state index < -0.39 is 0 Å². The number of rotatable bonds is 2. The van der Waals surface area contributed by atoms with Crippen LogP contribution in [-0.2, 0) is 0 Å². The van der Waals surface area contributed by atoms with Crippen LogP contribution in [0.2, 0.25) is 5.02 Å². The maximum absolute atomic E-state index is 14.1. The summed E-state index contributed by atoms with van der Waals surface area (Å²) in [6.07, 6.45) is 3.40. The van der Waals surface area contributed by atoms with Crippen molar-refractivity contribution in [3.05, 3.63) is 53.1 Å². The zero-order valence-electron chi connectivity index (χ0n) is 9.74. The van der Waals surface area contributed by atoms with E-state index in [0.29, 0.717) is 5.56 Å². The topological polar surface area (TPSA) is 12.9 Å². The van der Waals surface area contributed by atoms with Gasteiger partial charge in [-0.25, -0.2) is 4.39 Å². The summed E-state index contributed by atoms with van der Waals surface area (Å²) in [5.41, 5.74) is 2.49. The fourth-order valence-electron chi connectivity index (χ4n) is 1.91. The van der Waals surface area contributed by atoms with E-state index in [-0.39, 0.29) is 16.8 Å². The van der Waals surface area contributed by atoms with Crippen molar-refractivity contribution in [1.29, 1.82) is 0 Å². The lowest BCUT2D eigenvalue weighted by Crippen LogP contribution is -1.98. The number of halogens is 2. The van der Waals surface area contributed by atoms with Crippen LogP contribution in [0.25, 0.3) is 11.1 Å². The molecule has 2 aromatic rings. The van der Waals surface area contributed by atoms with Crippen LogP contribution < -0.4 is 0 Å². The lowest BCUT2D eigenvalue weighted by molar-refractivity contribution is 0.600. The van der Waals surface area contributed by atoms with E-state index >= 15 is 0 Å². The zero-order chi connectivity index (χ0) is 12.4. The molecule has 1 nitrogen and oxygen atoms in total. The highest BCUT2D eigenvalue weighted by molar-refractivity contribution is 6.30. The summed E-state index contributed by atoms with van der Waals surface area (Å²) in [7, 11) is 0. The standard InChI is InChI=1S/C14H13ClFN/c1-9(2)13-11(3-4-12(15)14(13)16)10-5-7-17-8-6-10/h3-9H,1-2H3. The average Bonchev–Trinajstić information content (AvgIpc) is 2.33. The van der Waals surface area contributed by atoms with Gasteiger partial charge in [-0.2, -0.15) is 0 Å². The SMILES string of the molecule is CC(C)c1c(-c2ccncc2)ccc(Cl)c1F. The lowest BCUT2D eigenvalue weighted by atomic mass is 9.92. The minimum Gasteiger partial charge on any atom is -0.265 e. The van der Waals surface area contributed by atoms with Crippen molar-refractivity contribution < 1.29 is 4.39 Å². The molecule has 0 saturated heterocycles. The predicted octanol–water partition coefficient (Wildman–Crippen LogP) is 4.66. The molecule has 0 atom stereocenters. The minimum absolute atomic E-state index is 0.0804. The second-order valence-corrected chi connectivity index (χ2v) is 4.62. The van der Waals surface area contributed by atoms with Gasteiger partial charge in [0, 0.05) is 12.4 Å². The summed E-state index contributed by atoms with van der Waals surface area (Å²) >= 11 is 5.83. The van der Waals surface area contributed by atoms with Crippen molar-refractivity contribution in [2.45, 2.75) is 19.8 Å². The Morgan fingerprint density at radius 2 is 1.76 bits per heavy atom. The minimum atomic E-state index is -0.323. The van der Waals surface area contributed by atoms with Crippen molar-refractivity contribution in [3.8, 4) is 11.1 Å². The molecular weight excluding hydrogens is 237 g/mol. The van der Waals surface area contributed by atoms with E-state index in [0.717, 1.165) is 11.1 Å². The fraction of sp³-hybridized carbons (Fsp3) is 0.214. The Hall–Kier alpha value is -1.41. The van der Waals surface area contributed by atoms with E-state index in [2.05, 4.69) is 4.98 Å². The highest BCUT2D eigenvalue weighted by atomic mass is 35.5. The third-order valence-corrected chi connectivity index (χ3v) is 2.99. The van der Waals surface area contributed by atoms with Gasteiger partial charge in [-0.05, 0) is 40.8 Å². The average molecular weight is 250 g/mol.